The summed E-state index contributed by atoms with van der Waals surface area (Å²) in [5, 5.41) is 0. The Labute approximate surface area is 139 Å². The Morgan fingerprint density at radius 2 is 1.96 bits per heavy atom. The van der Waals surface area contributed by atoms with Gasteiger partial charge in [-0.1, -0.05) is 0 Å². The van der Waals surface area contributed by atoms with Crippen molar-refractivity contribution in [2.24, 2.45) is 16.5 Å². The summed E-state index contributed by atoms with van der Waals surface area (Å²) < 4.78 is 29.9. The number of nitrogens with zero attached hydrogens (tertiary/aromatic N) is 2. The van der Waals surface area contributed by atoms with Crippen LogP contribution >= 0.6 is 0 Å². The Kier molecular flexibility index (Phi) is 4.84. The minimum Gasteiger partial charge on any atom is -0.454 e. The Bertz CT molecular complexity index is 905. The molecular weight excluding hydrogens is 332 g/mol. The maximum atomic E-state index is 12.2. The van der Waals surface area contributed by atoms with Crippen LogP contribution in [0, 0.1) is 6.92 Å². The summed E-state index contributed by atoms with van der Waals surface area (Å²) in [6, 6.07) is 6.07. The summed E-state index contributed by atoms with van der Waals surface area (Å²) >= 11 is 0. The molecule has 0 bridgehead atoms. The molecule has 0 aliphatic heterocycles. The summed E-state index contributed by atoms with van der Waals surface area (Å²) in [7, 11) is -3.68. The fourth-order valence-electron chi connectivity index (χ4n) is 2.15. The summed E-state index contributed by atoms with van der Waals surface area (Å²) in [4.78, 5) is 19.3. The predicted octanol–water partition coefficient (Wildman–Crippen LogP) is 0.999. The topological polar surface area (TPSA) is 138 Å². The van der Waals surface area contributed by atoms with Crippen molar-refractivity contribution in [3.8, 4) is 11.5 Å². The molecule has 0 aliphatic rings. The van der Waals surface area contributed by atoms with Gasteiger partial charge in [-0.25, -0.2) is 8.42 Å². The molecule has 9 heteroatoms. The van der Waals surface area contributed by atoms with Crippen molar-refractivity contribution < 1.29 is 17.9 Å². The van der Waals surface area contributed by atoms with Gasteiger partial charge in [0.25, 0.3) is 5.91 Å². The van der Waals surface area contributed by atoms with Crippen LogP contribution in [-0.4, -0.2) is 31.5 Å². The van der Waals surface area contributed by atoms with Crippen LogP contribution in [0.15, 0.2) is 46.5 Å². The molecule has 0 atom stereocenters. The van der Waals surface area contributed by atoms with Crippen LogP contribution in [0.2, 0.25) is 0 Å². The minimum absolute atomic E-state index is 0.0716. The Morgan fingerprint density at radius 1 is 1.25 bits per heavy atom. The molecule has 2 rings (SSSR count). The molecule has 1 amide bonds. The van der Waals surface area contributed by atoms with Crippen LogP contribution in [0.3, 0.4) is 0 Å². The van der Waals surface area contributed by atoms with Gasteiger partial charge in [-0.3, -0.25) is 9.78 Å². The van der Waals surface area contributed by atoms with Crippen LogP contribution < -0.4 is 16.2 Å². The Balaban J connectivity index is 2.60. The van der Waals surface area contributed by atoms with Crippen LogP contribution in [0.4, 0.5) is 0 Å². The molecule has 24 heavy (non-hydrogen) atoms. The molecule has 0 aliphatic carbocycles. The van der Waals surface area contributed by atoms with E-state index in [9.17, 15) is 13.2 Å². The van der Waals surface area contributed by atoms with Gasteiger partial charge in [-0.05, 0) is 36.8 Å². The first kappa shape index (κ1) is 17.4. The second-order valence-corrected chi connectivity index (χ2v) is 6.92. The first-order chi connectivity index (χ1) is 11.2. The zero-order valence-electron chi connectivity index (χ0n) is 13.1. The maximum Gasteiger partial charge on any atom is 0.280 e. The number of amides is 1. The van der Waals surface area contributed by atoms with Crippen molar-refractivity contribution >= 4 is 21.7 Å². The zero-order chi connectivity index (χ0) is 17.9. The number of guanidine groups is 1. The van der Waals surface area contributed by atoms with Crippen LogP contribution in [0.25, 0.3) is 0 Å². The number of pyridine rings is 1. The summed E-state index contributed by atoms with van der Waals surface area (Å²) in [6.45, 7) is 1.49. The van der Waals surface area contributed by atoms with Crippen LogP contribution in [0.5, 0.6) is 11.5 Å². The predicted molar refractivity (Wildman–Crippen MR) is 88.7 cm³/mol. The van der Waals surface area contributed by atoms with E-state index in [0.717, 1.165) is 6.26 Å². The van der Waals surface area contributed by atoms with Crippen molar-refractivity contribution in [2.45, 2.75) is 11.8 Å². The van der Waals surface area contributed by atoms with Crippen LogP contribution in [0.1, 0.15) is 15.9 Å². The molecular formula is C15H16N4O4S. The average molecular weight is 348 g/mol. The van der Waals surface area contributed by atoms with Gasteiger partial charge < -0.3 is 16.2 Å². The number of benzene rings is 1. The summed E-state index contributed by atoms with van der Waals surface area (Å²) in [6.07, 6.45) is 4.03. The number of hydrogen-bond acceptors (Lipinski definition) is 5. The number of aliphatic imine (C=N–C) groups is 1. The number of carbonyl (C=O) groups is 1. The molecule has 4 N–H and O–H groups in total. The quantitative estimate of drug-likeness (QED) is 0.621. The second kappa shape index (κ2) is 6.67. The molecule has 0 radical (unpaired) electrons. The largest absolute Gasteiger partial charge is 0.454 e. The van der Waals surface area contributed by atoms with Gasteiger partial charge in [-0.2, -0.15) is 4.99 Å². The lowest BCUT2D eigenvalue weighted by Gasteiger charge is -2.14. The third-order valence-corrected chi connectivity index (χ3v) is 4.31. The van der Waals surface area contributed by atoms with E-state index in [1.807, 2.05) is 0 Å². The van der Waals surface area contributed by atoms with Gasteiger partial charge in [0, 0.05) is 18.0 Å². The van der Waals surface area contributed by atoms with Crippen molar-refractivity contribution in [3.05, 3.63) is 47.8 Å². The molecule has 8 nitrogen and oxygen atoms in total. The highest BCUT2D eigenvalue weighted by Crippen LogP contribution is 2.33. The number of rotatable bonds is 4. The molecule has 0 fully saturated rings. The first-order valence-corrected chi connectivity index (χ1v) is 8.65. The lowest BCUT2D eigenvalue weighted by Crippen LogP contribution is -2.24. The van der Waals surface area contributed by atoms with Gasteiger partial charge in [-0.15, -0.1) is 0 Å². The van der Waals surface area contributed by atoms with E-state index in [0.29, 0.717) is 5.75 Å². The highest BCUT2D eigenvalue weighted by atomic mass is 32.2. The van der Waals surface area contributed by atoms with E-state index in [1.54, 1.807) is 18.3 Å². The van der Waals surface area contributed by atoms with Gasteiger partial charge in [0.15, 0.2) is 15.8 Å². The number of nitrogens with two attached hydrogens (primary N) is 2. The second-order valence-electron chi connectivity index (χ2n) is 4.97. The van der Waals surface area contributed by atoms with Gasteiger partial charge in [0.05, 0.1) is 6.20 Å². The number of carbonyl (C=O) groups excluding carboxylic acids is 1. The first-order valence-electron chi connectivity index (χ1n) is 6.75. The lowest BCUT2D eigenvalue weighted by molar-refractivity contribution is 0.100. The lowest BCUT2D eigenvalue weighted by atomic mass is 10.1. The molecule has 126 valence electrons. The zero-order valence-corrected chi connectivity index (χ0v) is 13.9. The van der Waals surface area contributed by atoms with E-state index < -0.39 is 21.7 Å². The molecule has 0 unspecified atom stereocenters. The monoisotopic (exact) mass is 348 g/mol. The molecule has 0 saturated heterocycles. The maximum absolute atomic E-state index is 12.2. The molecule has 1 aromatic heterocycles. The summed E-state index contributed by atoms with van der Waals surface area (Å²) in [5.41, 5.74) is 10.7. The highest BCUT2D eigenvalue weighted by molar-refractivity contribution is 7.90. The third-order valence-electron chi connectivity index (χ3n) is 3.06. The SMILES string of the molecule is Cc1c(C(=O)N=C(N)N)ccc(Oc2cccnc2)c1S(C)(=O)=O. The number of hydrogen-bond donors (Lipinski definition) is 2. The van der Waals surface area contributed by atoms with Crippen molar-refractivity contribution in [1.82, 2.24) is 4.98 Å². The van der Waals surface area contributed by atoms with E-state index in [-0.39, 0.29) is 21.8 Å². The van der Waals surface area contributed by atoms with Gasteiger partial charge in [0.1, 0.15) is 16.4 Å². The molecule has 2 aromatic rings. The Hall–Kier alpha value is -2.94. The third kappa shape index (κ3) is 3.87. The van der Waals surface area contributed by atoms with Gasteiger partial charge in [0.2, 0.25) is 0 Å². The normalized spacial score (nSPS) is 10.9. The minimum atomic E-state index is -3.68. The van der Waals surface area contributed by atoms with E-state index >= 15 is 0 Å². The average Bonchev–Trinajstić information content (AvgIpc) is 2.46. The smallest absolute Gasteiger partial charge is 0.280 e. The number of ether oxygens (including phenoxy) is 1. The van der Waals surface area contributed by atoms with Crippen molar-refractivity contribution in [1.29, 1.82) is 0 Å². The Morgan fingerprint density at radius 3 is 2.50 bits per heavy atom. The standard InChI is InChI=1S/C15H16N4O4S/c1-9-11(14(20)19-15(16)17)5-6-12(13(9)24(2,21)22)23-10-4-3-7-18-8-10/h3-8H,1-2H3,(H4,16,17,19,20). The summed E-state index contributed by atoms with van der Waals surface area (Å²) in [5.74, 6) is -0.685. The fourth-order valence-corrected chi connectivity index (χ4v) is 3.29. The number of aromatic nitrogens is 1. The van der Waals surface area contributed by atoms with Crippen molar-refractivity contribution in [3.63, 3.8) is 0 Å². The highest BCUT2D eigenvalue weighted by Gasteiger charge is 2.23. The van der Waals surface area contributed by atoms with E-state index in [2.05, 4.69) is 9.98 Å². The van der Waals surface area contributed by atoms with Gasteiger partial charge >= 0.3 is 0 Å². The molecule has 1 aromatic carbocycles. The number of sulfone groups is 1. The molecule has 0 saturated carbocycles. The molecule has 0 spiro atoms. The van der Waals surface area contributed by atoms with E-state index in [1.165, 1.54) is 25.3 Å². The molecule has 1 heterocycles. The van der Waals surface area contributed by atoms with E-state index in [4.69, 9.17) is 16.2 Å². The fraction of sp³-hybridized carbons (Fsp3) is 0.133. The van der Waals surface area contributed by atoms with Crippen molar-refractivity contribution in [2.75, 3.05) is 6.26 Å². The van der Waals surface area contributed by atoms with Crippen LogP contribution in [-0.2, 0) is 9.84 Å².